The van der Waals surface area contributed by atoms with Crippen LogP contribution >= 0.6 is 15.9 Å². The van der Waals surface area contributed by atoms with Gasteiger partial charge in [-0.3, -0.25) is 9.59 Å². The number of hydrogen-bond donors (Lipinski definition) is 3. The number of hydrogen-bond acceptors (Lipinski definition) is 7. The van der Waals surface area contributed by atoms with E-state index in [1.54, 1.807) is 18.2 Å². The number of benzene rings is 2. The number of halogens is 1. The molecule has 128 valence electrons. The molecule has 0 amide bonds. The maximum Gasteiger partial charge on any atom is 0.253 e. The molecule has 0 radical (unpaired) electrons. The van der Waals surface area contributed by atoms with E-state index in [-0.39, 0.29) is 11.4 Å². The molecule has 0 spiro atoms. The van der Waals surface area contributed by atoms with Crippen LogP contribution in [0.1, 0.15) is 0 Å². The number of nitrogens with one attached hydrogen (secondary N) is 2. The summed E-state index contributed by atoms with van der Waals surface area (Å²) in [6, 6.07) is 13.1. The Balaban J connectivity index is 1.73. The smallest absolute Gasteiger partial charge is 0.253 e. The second kappa shape index (κ2) is 6.23. The molecule has 4 N–H and O–H groups in total. The summed E-state index contributed by atoms with van der Waals surface area (Å²) in [6.07, 6.45) is 1.48. The van der Waals surface area contributed by atoms with E-state index >= 15 is 0 Å². The molecule has 4 aromatic rings. The molecule has 0 aliphatic rings. The zero-order chi connectivity index (χ0) is 18.3. The van der Waals surface area contributed by atoms with Crippen molar-refractivity contribution in [2.45, 2.75) is 0 Å². The van der Waals surface area contributed by atoms with Crippen molar-refractivity contribution in [2.24, 2.45) is 0 Å². The van der Waals surface area contributed by atoms with Gasteiger partial charge in [-0.25, -0.2) is 9.97 Å². The number of anilines is 5. The Labute approximate surface area is 155 Å². The van der Waals surface area contributed by atoms with Gasteiger partial charge in [0.2, 0.25) is 0 Å². The topological polar surface area (TPSA) is 110 Å². The molecule has 8 heteroatoms. The van der Waals surface area contributed by atoms with Crippen molar-refractivity contribution in [3.05, 3.63) is 73.7 Å². The Hall–Kier alpha value is -3.26. The number of nitrogens with two attached hydrogens (primary N) is 1. The molecule has 7 nitrogen and oxygen atoms in total. The molecule has 0 fully saturated rings. The lowest BCUT2D eigenvalue weighted by Crippen LogP contribution is -2.36. The summed E-state index contributed by atoms with van der Waals surface area (Å²) in [5, 5.41) is 6.91. The molecule has 4 rings (SSSR count). The van der Waals surface area contributed by atoms with Crippen molar-refractivity contribution < 1.29 is 0 Å². The molecular formula is C18H12BrN5O2. The average Bonchev–Trinajstić information content (AvgIpc) is 2.65. The zero-order valence-corrected chi connectivity index (χ0v) is 14.9. The first-order valence-electron chi connectivity index (χ1n) is 7.66. The summed E-state index contributed by atoms with van der Waals surface area (Å²) in [4.78, 5) is 31.4. The van der Waals surface area contributed by atoms with Crippen LogP contribution in [0.15, 0.2) is 62.9 Å². The molecule has 3 aromatic carbocycles. The quantitative estimate of drug-likeness (QED) is 0.444. The summed E-state index contributed by atoms with van der Waals surface area (Å²) in [5.41, 5.74) is 6.58. The number of nitrogens with zero attached hydrogens (tertiary/aromatic N) is 2. The highest BCUT2D eigenvalue weighted by molar-refractivity contribution is 9.10. The lowest BCUT2D eigenvalue weighted by molar-refractivity contribution is 1.22. The van der Waals surface area contributed by atoms with Crippen molar-refractivity contribution >= 4 is 55.4 Å². The predicted molar refractivity (Wildman–Crippen MR) is 106 cm³/mol. The highest BCUT2D eigenvalue weighted by Gasteiger charge is 2.18. The Morgan fingerprint density at radius 2 is 1.73 bits per heavy atom. The summed E-state index contributed by atoms with van der Waals surface area (Å²) >= 11 is 3.44. The maximum absolute atomic E-state index is 11.6. The molecule has 1 heterocycles. The molecule has 0 bridgehead atoms. The first-order chi connectivity index (χ1) is 12.5. The SMILES string of the molecule is Nc1c(Nc2ccc3ncnc(Nc4cccc(Br)c4)c3c2)c(=O)c1=O. The van der Waals surface area contributed by atoms with Crippen LogP contribution in [0.2, 0.25) is 0 Å². The standard InChI is InChI=1S/C18H12BrN5O2/c19-9-2-1-3-10(6-9)24-18-12-7-11(4-5-13(12)21-8-22-18)23-15-14(20)16(25)17(15)26/h1-8,23H,20H2,(H,21,22,24). The highest BCUT2D eigenvalue weighted by Crippen LogP contribution is 2.28. The highest BCUT2D eigenvalue weighted by atomic mass is 79.9. The van der Waals surface area contributed by atoms with Crippen molar-refractivity contribution in [3.8, 4) is 0 Å². The van der Waals surface area contributed by atoms with Gasteiger partial charge in [-0.15, -0.1) is 0 Å². The van der Waals surface area contributed by atoms with Gasteiger partial charge in [-0.1, -0.05) is 22.0 Å². The molecule has 1 aromatic heterocycles. The van der Waals surface area contributed by atoms with Gasteiger partial charge in [0.15, 0.2) is 0 Å². The van der Waals surface area contributed by atoms with Crippen LogP contribution in [-0.2, 0) is 0 Å². The summed E-state index contributed by atoms with van der Waals surface area (Å²) < 4.78 is 0.943. The van der Waals surface area contributed by atoms with Gasteiger partial charge in [0.1, 0.15) is 23.5 Å². The predicted octanol–water partition coefficient (Wildman–Crippen LogP) is 3.06. The third-order valence-electron chi connectivity index (χ3n) is 3.94. The zero-order valence-electron chi connectivity index (χ0n) is 13.3. The summed E-state index contributed by atoms with van der Waals surface area (Å²) in [5.74, 6) is 0.620. The van der Waals surface area contributed by atoms with E-state index in [1.807, 2.05) is 24.3 Å². The minimum absolute atomic E-state index is 0.0492. The van der Waals surface area contributed by atoms with Gasteiger partial charge in [0.05, 0.1) is 5.52 Å². The van der Waals surface area contributed by atoms with Crippen molar-refractivity contribution in [1.82, 2.24) is 9.97 Å². The fourth-order valence-corrected chi connectivity index (χ4v) is 3.01. The van der Waals surface area contributed by atoms with E-state index in [9.17, 15) is 9.59 Å². The average molecular weight is 410 g/mol. The molecule has 0 aliphatic heterocycles. The molecule has 0 saturated heterocycles. The second-order valence-corrected chi connectivity index (χ2v) is 6.58. The van der Waals surface area contributed by atoms with Crippen LogP contribution in [0.3, 0.4) is 0 Å². The Morgan fingerprint density at radius 1 is 0.923 bits per heavy atom. The van der Waals surface area contributed by atoms with Crippen LogP contribution in [0.4, 0.5) is 28.6 Å². The molecule has 0 unspecified atom stereocenters. The van der Waals surface area contributed by atoms with E-state index in [1.165, 1.54) is 6.33 Å². The van der Waals surface area contributed by atoms with Gasteiger partial charge in [0.25, 0.3) is 10.9 Å². The minimum Gasteiger partial charge on any atom is -0.394 e. The summed E-state index contributed by atoms with van der Waals surface area (Å²) in [6.45, 7) is 0. The van der Waals surface area contributed by atoms with Crippen molar-refractivity contribution in [2.75, 3.05) is 16.4 Å². The van der Waals surface area contributed by atoms with Gasteiger partial charge in [-0.2, -0.15) is 0 Å². The molecule has 0 saturated carbocycles. The van der Waals surface area contributed by atoms with E-state index < -0.39 is 10.9 Å². The van der Waals surface area contributed by atoms with Crippen LogP contribution in [-0.4, -0.2) is 9.97 Å². The molecular weight excluding hydrogens is 398 g/mol. The van der Waals surface area contributed by atoms with Gasteiger partial charge >= 0.3 is 0 Å². The fraction of sp³-hybridized carbons (Fsp3) is 0. The number of rotatable bonds is 4. The van der Waals surface area contributed by atoms with Gasteiger partial charge in [0, 0.05) is 21.2 Å². The first-order valence-corrected chi connectivity index (χ1v) is 8.45. The maximum atomic E-state index is 11.6. The van der Waals surface area contributed by atoms with Gasteiger partial charge in [-0.05, 0) is 36.4 Å². The molecule has 26 heavy (non-hydrogen) atoms. The Bertz CT molecular complexity index is 1210. The monoisotopic (exact) mass is 409 g/mol. The second-order valence-electron chi connectivity index (χ2n) is 5.66. The van der Waals surface area contributed by atoms with Crippen molar-refractivity contribution in [1.29, 1.82) is 0 Å². The lowest BCUT2D eigenvalue weighted by atomic mass is 10.1. The third-order valence-corrected chi connectivity index (χ3v) is 4.43. The minimum atomic E-state index is -0.659. The molecule has 0 aliphatic carbocycles. The van der Waals surface area contributed by atoms with E-state index in [2.05, 4.69) is 36.5 Å². The van der Waals surface area contributed by atoms with Gasteiger partial charge < -0.3 is 16.4 Å². The number of aromatic nitrogens is 2. The Kier molecular flexibility index (Phi) is 3.89. The first kappa shape index (κ1) is 16.2. The summed E-state index contributed by atoms with van der Waals surface area (Å²) in [7, 11) is 0. The lowest BCUT2D eigenvalue weighted by Gasteiger charge is -2.12. The van der Waals surface area contributed by atoms with Crippen LogP contribution < -0.4 is 27.2 Å². The van der Waals surface area contributed by atoms with E-state index in [0.29, 0.717) is 11.5 Å². The van der Waals surface area contributed by atoms with Crippen LogP contribution in [0, 0.1) is 0 Å². The van der Waals surface area contributed by atoms with E-state index in [4.69, 9.17) is 5.73 Å². The third kappa shape index (κ3) is 2.80. The number of nitrogen functional groups attached to an aromatic ring is 1. The fourth-order valence-electron chi connectivity index (χ4n) is 2.61. The Morgan fingerprint density at radius 3 is 2.50 bits per heavy atom. The van der Waals surface area contributed by atoms with E-state index in [0.717, 1.165) is 21.1 Å². The molecule has 0 atom stereocenters. The van der Waals surface area contributed by atoms with Crippen molar-refractivity contribution in [3.63, 3.8) is 0 Å². The van der Waals surface area contributed by atoms with Crippen LogP contribution in [0.25, 0.3) is 10.9 Å². The normalized spacial score (nSPS) is 11.0. The largest absolute Gasteiger partial charge is 0.394 e. The van der Waals surface area contributed by atoms with Crippen LogP contribution in [0.5, 0.6) is 0 Å². The number of fused-ring (bicyclic) bond motifs is 1.